The van der Waals surface area contributed by atoms with Crippen LogP contribution in [0.3, 0.4) is 0 Å². The SMILES string of the molecule is CCOC(=O)c1ccc(N2C(=O)c3oc4ccc(Br)cc4c(=O)c3C2c2ccc(O)cc2)cc1. The van der Waals surface area contributed by atoms with Gasteiger partial charge in [0.25, 0.3) is 5.91 Å². The molecule has 1 aliphatic rings. The second-order valence-corrected chi connectivity index (χ2v) is 8.67. The fraction of sp³-hybridized carbons (Fsp3) is 0.115. The van der Waals surface area contributed by atoms with Crippen molar-refractivity contribution in [2.24, 2.45) is 0 Å². The summed E-state index contributed by atoms with van der Waals surface area (Å²) in [5, 5.41) is 10.1. The number of rotatable bonds is 4. The zero-order chi connectivity index (χ0) is 24.0. The third-order valence-corrected chi connectivity index (χ3v) is 6.19. The van der Waals surface area contributed by atoms with Crippen LogP contribution in [-0.2, 0) is 4.74 Å². The van der Waals surface area contributed by atoms with Crippen LogP contribution in [0, 0.1) is 0 Å². The maximum absolute atomic E-state index is 13.6. The summed E-state index contributed by atoms with van der Waals surface area (Å²) >= 11 is 3.38. The molecule has 7 nitrogen and oxygen atoms in total. The molecule has 1 N–H and O–H groups in total. The minimum atomic E-state index is -0.781. The molecule has 0 radical (unpaired) electrons. The highest BCUT2D eigenvalue weighted by atomic mass is 79.9. The maximum atomic E-state index is 13.6. The summed E-state index contributed by atoms with van der Waals surface area (Å²) in [6.07, 6.45) is 0. The Morgan fingerprint density at radius 3 is 2.44 bits per heavy atom. The average Bonchev–Trinajstić information content (AvgIpc) is 3.13. The maximum Gasteiger partial charge on any atom is 0.338 e. The molecule has 170 valence electrons. The number of ether oxygens (including phenoxy) is 1. The van der Waals surface area contributed by atoms with Crippen molar-refractivity contribution in [1.82, 2.24) is 0 Å². The lowest BCUT2D eigenvalue weighted by atomic mass is 9.98. The van der Waals surface area contributed by atoms with Gasteiger partial charge in [0, 0.05) is 10.2 Å². The number of benzene rings is 3. The predicted molar refractivity (Wildman–Crippen MR) is 129 cm³/mol. The number of hydrogen-bond donors (Lipinski definition) is 1. The summed E-state index contributed by atoms with van der Waals surface area (Å²) in [7, 11) is 0. The van der Waals surface area contributed by atoms with E-state index in [0.29, 0.717) is 32.3 Å². The highest BCUT2D eigenvalue weighted by Crippen LogP contribution is 2.41. The van der Waals surface area contributed by atoms with Gasteiger partial charge in [0.2, 0.25) is 5.76 Å². The Morgan fingerprint density at radius 1 is 1.06 bits per heavy atom. The number of phenolic OH excluding ortho intramolecular Hbond substituents is 1. The van der Waals surface area contributed by atoms with Crippen molar-refractivity contribution >= 4 is 44.5 Å². The van der Waals surface area contributed by atoms with Gasteiger partial charge in [-0.3, -0.25) is 14.5 Å². The van der Waals surface area contributed by atoms with Gasteiger partial charge in [-0.05, 0) is 67.1 Å². The largest absolute Gasteiger partial charge is 0.508 e. The monoisotopic (exact) mass is 519 g/mol. The molecule has 0 spiro atoms. The van der Waals surface area contributed by atoms with E-state index in [2.05, 4.69) is 15.9 Å². The standard InChI is InChI=1S/C26H18BrNO6/c1-2-33-26(32)15-3-8-17(9-4-15)28-22(14-5-10-18(29)11-6-14)21-23(30)19-13-16(27)7-12-20(19)34-24(21)25(28)31/h3-13,22,29H,2H2,1H3. The topological polar surface area (TPSA) is 97.0 Å². The van der Waals surface area contributed by atoms with Crippen LogP contribution in [0.15, 0.2) is 80.4 Å². The summed E-state index contributed by atoms with van der Waals surface area (Å²) in [6, 6.07) is 17.0. The van der Waals surface area contributed by atoms with Gasteiger partial charge in [0.15, 0.2) is 5.43 Å². The fourth-order valence-electron chi connectivity index (χ4n) is 4.16. The van der Waals surface area contributed by atoms with Gasteiger partial charge < -0.3 is 14.3 Å². The van der Waals surface area contributed by atoms with E-state index in [-0.39, 0.29) is 29.1 Å². The highest BCUT2D eigenvalue weighted by molar-refractivity contribution is 9.10. The molecule has 34 heavy (non-hydrogen) atoms. The number of phenols is 1. The van der Waals surface area contributed by atoms with Gasteiger partial charge in [0.05, 0.1) is 29.2 Å². The number of halogens is 1. The van der Waals surface area contributed by atoms with Crippen molar-refractivity contribution in [2.45, 2.75) is 13.0 Å². The van der Waals surface area contributed by atoms with Crippen molar-refractivity contribution in [3.8, 4) is 5.75 Å². The van der Waals surface area contributed by atoms with E-state index in [1.807, 2.05) is 0 Å². The number of fused-ring (bicyclic) bond motifs is 2. The first-order valence-corrected chi connectivity index (χ1v) is 11.3. The molecule has 0 aliphatic carbocycles. The number of hydrogen-bond acceptors (Lipinski definition) is 6. The number of carbonyl (C=O) groups excluding carboxylic acids is 2. The van der Waals surface area contributed by atoms with Gasteiger partial charge in [-0.1, -0.05) is 28.1 Å². The number of amides is 1. The summed E-state index contributed by atoms with van der Waals surface area (Å²) in [4.78, 5) is 40.7. The molecule has 0 fully saturated rings. The van der Waals surface area contributed by atoms with Crippen LogP contribution in [-0.4, -0.2) is 23.6 Å². The van der Waals surface area contributed by atoms with Crippen molar-refractivity contribution < 1.29 is 23.8 Å². The molecular weight excluding hydrogens is 502 g/mol. The predicted octanol–water partition coefficient (Wildman–Crippen LogP) is 5.19. The molecule has 8 heteroatoms. The summed E-state index contributed by atoms with van der Waals surface area (Å²) < 4.78 is 11.7. The van der Waals surface area contributed by atoms with Crippen LogP contribution in [0.25, 0.3) is 11.0 Å². The molecule has 0 saturated carbocycles. The molecule has 2 heterocycles. The lowest BCUT2D eigenvalue weighted by Crippen LogP contribution is -2.29. The minimum absolute atomic E-state index is 0.0348. The number of aromatic hydroxyl groups is 1. The quantitative estimate of drug-likeness (QED) is 0.372. The Labute approximate surface area is 202 Å². The van der Waals surface area contributed by atoms with E-state index < -0.39 is 17.9 Å². The van der Waals surface area contributed by atoms with E-state index >= 15 is 0 Å². The van der Waals surface area contributed by atoms with Crippen LogP contribution in [0.5, 0.6) is 5.75 Å². The fourth-order valence-corrected chi connectivity index (χ4v) is 4.52. The molecule has 1 aliphatic heterocycles. The molecule has 0 bridgehead atoms. The molecular formula is C26H18BrNO6. The van der Waals surface area contributed by atoms with E-state index in [9.17, 15) is 19.5 Å². The molecule has 1 amide bonds. The van der Waals surface area contributed by atoms with E-state index in [1.165, 1.54) is 17.0 Å². The zero-order valence-electron chi connectivity index (χ0n) is 17.9. The first kappa shape index (κ1) is 21.9. The lowest BCUT2D eigenvalue weighted by Gasteiger charge is -2.25. The van der Waals surface area contributed by atoms with Crippen molar-refractivity contribution in [2.75, 3.05) is 11.5 Å². The normalized spacial score (nSPS) is 14.9. The van der Waals surface area contributed by atoms with Crippen molar-refractivity contribution in [3.05, 3.63) is 104 Å². The smallest absolute Gasteiger partial charge is 0.338 e. The second kappa shape index (κ2) is 8.46. The number of anilines is 1. The third kappa shape index (κ3) is 3.56. The summed E-state index contributed by atoms with van der Waals surface area (Å²) in [6.45, 7) is 1.97. The molecule has 0 saturated heterocycles. The summed E-state index contributed by atoms with van der Waals surface area (Å²) in [5.74, 6) is -0.909. The molecule has 4 aromatic rings. The lowest BCUT2D eigenvalue weighted by molar-refractivity contribution is 0.0526. The van der Waals surface area contributed by atoms with Gasteiger partial charge in [-0.15, -0.1) is 0 Å². The van der Waals surface area contributed by atoms with Crippen molar-refractivity contribution in [3.63, 3.8) is 0 Å². The van der Waals surface area contributed by atoms with Crippen molar-refractivity contribution in [1.29, 1.82) is 0 Å². The first-order valence-electron chi connectivity index (χ1n) is 10.5. The number of carbonyl (C=O) groups is 2. The average molecular weight is 520 g/mol. The van der Waals surface area contributed by atoms with E-state index in [0.717, 1.165) is 0 Å². The zero-order valence-corrected chi connectivity index (χ0v) is 19.5. The van der Waals surface area contributed by atoms with Crippen LogP contribution in [0.4, 0.5) is 5.69 Å². The second-order valence-electron chi connectivity index (χ2n) is 7.75. The number of nitrogens with zero attached hydrogens (tertiary/aromatic N) is 1. The van der Waals surface area contributed by atoms with Crippen LogP contribution in [0.1, 0.15) is 45.0 Å². The summed E-state index contributed by atoms with van der Waals surface area (Å²) in [5.41, 5.74) is 1.67. The molecule has 1 atom stereocenters. The van der Waals surface area contributed by atoms with Gasteiger partial charge in [-0.2, -0.15) is 0 Å². The highest BCUT2D eigenvalue weighted by Gasteiger charge is 2.43. The van der Waals surface area contributed by atoms with Crippen LogP contribution >= 0.6 is 15.9 Å². The first-order chi connectivity index (χ1) is 16.4. The van der Waals surface area contributed by atoms with Crippen LogP contribution < -0.4 is 10.3 Å². The Kier molecular flexibility index (Phi) is 5.45. The van der Waals surface area contributed by atoms with Gasteiger partial charge >= 0.3 is 5.97 Å². The Hall–Kier alpha value is -3.91. The Morgan fingerprint density at radius 2 is 1.76 bits per heavy atom. The third-order valence-electron chi connectivity index (χ3n) is 5.70. The molecule has 5 rings (SSSR count). The Balaban J connectivity index is 1.70. The Bertz CT molecular complexity index is 1490. The molecule has 3 aromatic carbocycles. The molecule has 1 aromatic heterocycles. The molecule has 1 unspecified atom stereocenters. The van der Waals surface area contributed by atoms with E-state index in [4.69, 9.17) is 9.15 Å². The van der Waals surface area contributed by atoms with Gasteiger partial charge in [-0.25, -0.2) is 4.79 Å². The number of esters is 1. The van der Waals surface area contributed by atoms with Crippen LogP contribution in [0.2, 0.25) is 0 Å². The minimum Gasteiger partial charge on any atom is -0.508 e. The van der Waals surface area contributed by atoms with Gasteiger partial charge in [0.1, 0.15) is 11.3 Å². The van der Waals surface area contributed by atoms with E-state index in [1.54, 1.807) is 61.5 Å².